The maximum atomic E-state index is 13.5. The van der Waals surface area contributed by atoms with Gasteiger partial charge >= 0.3 is 0 Å². The van der Waals surface area contributed by atoms with Gasteiger partial charge in [0.25, 0.3) is 0 Å². The second-order valence-electron chi connectivity index (χ2n) is 9.78. The van der Waals surface area contributed by atoms with Crippen LogP contribution >= 0.6 is 0 Å². The molecule has 6 aromatic rings. The summed E-state index contributed by atoms with van der Waals surface area (Å²) in [5.41, 5.74) is 7.30. The molecule has 190 valence electrons. The van der Waals surface area contributed by atoms with Gasteiger partial charge in [0.2, 0.25) is 0 Å². The highest BCUT2D eigenvalue weighted by molar-refractivity contribution is 6.01. The molecule has 0 aliphatic heterocycles. The van der Waals surface area contributed by atoms with E-state index in [-0.39, 0.29) is 5.82 Å². The van der Waals surface area contributed by atoms with Crippen molar-refractivity contribution in [3.8, 4) is 33.8 Å². The van der Waals surface area contributed by atoms with Crippen LogP contribution in [0.15, 0.2) is 73.4 Å². The van der Waals surface area contributed by atoms with Gasteiger partial charge in [-0.05, 0) is 48.2 Å². The molecule has 1 unspecified atom stereocenters. The Labute approximate surface area is 218 Å². The number of benzene rings is 1. The van der Waals surface area contributed by atoms with Gasteiger partial charge in [0.05, 0.1) is 46.7 Å². The third-order valence-corrected chi connectivity index (χ3v) is 6.47. The van der Waals surface area contributed by atoms with Gasteiger partial charge in [0, 0.05) is 34.3 Å². The summed E-state index contributed by atoms with van der Waals surface area (Å²) in [6.07, 6.45) is 8.72. The van der Waals surface area contributed by atoms with Crippen molar-refractivity contribution in [2.75, 3.05) is 5.32 Å². The van der Waals surface area contributed by atoms with E-state index in [0.29, 0.717) is 12.3 Å². The molecular formula is C29H26FN7O. The molecule has 9 heteroatoms. The van der Waals surface area contributed by atoms with E-state index in [1.165, 1.54) is 12.1 Å². The summed E-state index contributed by atoms with van der Waals surface area (Å²) < 4.78 is 13.5. The fourth-order valence-corrected chi connectivity index (χ4v) is 4.67. The summed E-state index contributed by atoms with van der Waals surface area (Å²) in [5, 5.41) is 22.9. The van der Waals surface area contributed by atoms with Crippen LogP contribution in [-0.2, 0) is 0 Å². The number of rotatable bonds is 7. The Morgan fingerprint density at radius 1 is 0.895 bits per heavy atom. The zero-order chi connectivity index (χ0) is 26.2. The lowest BCUT2D eigenvalue weighted by molar-refractivity contribution is 0.176. The van der Waals surface area contributed by atoms with E-state index in [9.17, 15) is 9.50 Å². The van der Waals surface area contributed by atoms with Crippen LogP contribution in [0.4, 0.5) is 10.1 Å². The monoisotopic (exact) mass is 507 g/mol. The minimum absolute atomic E-state index is 0.278. The third-order valence-electron chi connectivity index (χ3n) is 6.47. The van der Waals surface area contributed by atoms with Crippen LogP contribution < -0.4 is 5.32 Å². The van der Waals surface area contributed by atoms with Gasteiger partial charge in [-0.25, -0.2) is 4.39 Å². The number of aromatic amines is 2. The number of H-pyrrole nitrogens is 2. The number of nitrogens with zero attached hydrogens (tertiary/aromatic N) is 4. The van der Waals surface area contributed by atoms with Gasteiger partial charge in [0.15, 0.2) is 0 Å². The molecule has 8 nitrogen and oxygen atoms in total. The van der Waals surface area contributed by atoms with Crippen molar-refractivity contribution in [3.63, 3.8) is 0 Å². The van der Waals surface area contributed by atoms with Crippen LogP contribution in [0.1, 0.15) is 20.3 Å². The Morgan fingerprint density at radius 3 is 2.53 bits per heavy atom. The van der Waals surface area contributed by atoms with Gasteiger partial charge in [0.1, 0.15) is 17.7 Å². The quantitative estimate of drug-likeness (QED) is 0.193. The topological polar surface area (TPSA) is 115 Å². The maximum absolute atomic E-state index is 13.5. The smallest absolute Gasteiger partial charge is 0.124 e. The largest absolute Gasteiger partial charge is 0.374 e. The normalized spacial score (nSPS) is 12.4. The van der Waals surface area contributed by atoms with Crippen LogP contribution in [0.25, 0.3) is 55.6 Å². The molecule has 0 saturated heterocycles. The first-order valence-electron chi connectivity index (χ1n) is 12.4. The zero-order valence-electron chi connectivity index (χ0n) is 20.9. The number of hydrogen-bond donors (Lipinski definition) is 4. The fourth-order valence-electron chi connectivity index (χ4n) is 4.67. The van der Waals surface area contributed by atoms with Crippen LogP contribution in [0.3, 0.4) is 0 Å². The van der Waals surface area contributed by atoms with Gasteiger partial charge in [-0.15, -0.1) is 0 Å². The Bertz CT molecular complexity index is 1740. The lowest BCUT2D eigenvalue weighted by Crippen LogP contribution is -2.20. The van der Waals surface area contributed by atoms with Crippen molar-refractivity contribution in [2.45, 2.75) is 26.5 Å². The van der Waals surface area contributed by atoms with Crippen molar-refractivity contribution < 1.29 is 9.50 Å². The van der Waals surface area contributed by atoms with Crippen LogP contribution in [0, 0.1) is 11.7 Å². The molecule has 1 aromatic carbocycles. The first kappa shape index (κ1) is 23.7. The van der Waals surface area contributed by atoms with Crippen LogP contribution in [0.5, 0.6) is 0 Å². The lowest BCUT2D eigenvalue weighted by Gasteiger charge is -2.16. The minimum atomic E-state index is -0.653. The van der Waals surface area contributed by atoms with E-state index in [4.69, 9.17) is 0 Å². The highest BCUT2D eigenvalue weighted by atomic mass is 19.1. The predicted octanol–water partition coefficient (Wildman–Crippen LogP) is 6.15. The van der Waals surface area contributed by atoms with E-state index in [2.05, 4.69) is 49.3 Å². The van der Waals surface area contributed by atoms with Crippen molar-refractivity contribution >= 4 is 27.5 Å². The van der Waals surface area contributed by atoms with Crippen molar-refractivity contribution in [3.05, 3.63) is 79.3 Å². The molecule has 4 N–H and O–H groups in total. The maximum Gasteiger partial charge on any atom is 0.124 e. The molecule has 38 heavy (non-hydrogen) atoms. The van der Waals surface area contributed by atoms with Gasteiger partial charge in [-0.2, -0.15) is 5.10 Å². The Hall–Kier alpha value is -4.63. The number of aliphatic hydroxyl groups is 1. The molecule has 0 radical (unpaired) electrons. The van der Waals surface area contributed by atoms with Crippen molar-refractivity contribution in [1.29, 1.82) is 0 Å². The first-order valence-corrected chi connectivity index (χ1v) is 12.4. The number of aliphatic hydroxyl groups excluding tert-OH is 1. The second-order valence-corrected chi connectivity index (χ2v) is 9.78. The Kier molecular flexibility index (Phi) is 6.05. The summed E-state index contributed by atoms with van der Waals surface area (Å²) >= 11 is 0. The number of aromatic nitrogens is 6. The van der Waals surface area contributed by atoms with Crippen molar-refractivity contribution in [2.24, 2.45) is 5.92 Å². The molecule has 5 aromatic heterocycles. The fraction of sp³-hybridized carbons (Fsp3) is 0.172. The average molecular weight is 508 g/mol. The molecule has 0 aliphatic carbocycles. The van der Waals surface area contributed by atoms with Crippen LogP contribution in [0.2, 0.25) is 0 Å². The molecule has 1 atom stereocenters. The van der Waals surface area contributed by atoms with Gasteiger partial charge in [-0.1, -0.05) is 26.0 Å². The molecule has 0 spiro atoms. The standard InChI is InChI=1S/C29H26FN7O/c1-16(2)7-28(38)34-20-8-18(11-31-12-20)24-10-22-27(15-33-24)36-37-29(22)25-9-21-23(13-32-14-26(21)35-25)17-3-5-19(30)6-4-17/h3-6,8-16,28,34-35,38H,7H2,1-2H3,(H,36,37). The molecule has 6 rings (SSSR count). The number of halogens is 1. The molecule has 0 aliphatic rings. The number of nitrogens with one attached hydrogen (secondary N) is 3. The van der Waals surface area contributed by atoms with Crippen LogP contribution in [-0.4, -0.2) is 41.5 Å². The van der Waals surface area contributed by atoms with E-state index in [0.717, 1.165) is 61.3 Å². The number of fused-ring (bicyclic) bond motifs is 2. The number of pyridine rings is 3. The number of anilines is 1. The SMILES string of the molecule is CC(C)CC(O)Nc1cncc(-c2cc3c(-c4cc5c(-c6ccc(F)cc6)cncc5[nH]4)n[nH]c3cn2)c1. The summed E-state index contributed by atoms with van der Waals surface area (Å²) in [6.45, 7) is 4.13. The molecule has 0 bridgehead atoms. The molecule has 0 fully saturated rings. The minimum Gasteiger partial charge on any atom is -0.374 e. The predicted molar refractivity (Wildman–Crippen MR) is 147 cm³/mol. The molecule has 0 saturated carbocycles. The second kappa shape index (κ2) is 9.68. The van der Waals surface area contributed by atoms with E-state index < -0.39 is 6.23 Å². The number of hydrogen-bond acceptors (Lipinski definition) is 6. The zero-order valence-corrected chi connectivity index (χ0v) is 20.9. The summed E-state index contributed by atoms with van der Waals surface area (Å²) in [4.78, 5) is 16.7. The first-order chi connectivity index (χ1) is 18.4. The highest BCUT2D eigenvalue weighted by Gasteiger charge is 2.16. The van der Waals surface area contributed by atoms with Gasteiger partial charge < -0.3 is 15.4 Å². The summed E-state index contributed by atoms with van der Waals surface area (Å²) in [5.74, 6) is 0.0868. The van der Waals surface area contributed by atoms with Crippen molar-refractivity contribution in [1.82, 2.24) is 30.1 Å². The molecule has 5 heterocycles. The average Bonchev–Trinajstić information content (AvgIpc) is 3.52. The van der Waals surface area contributed by atoms with E-state index in [1.54, 1.807) is 43.1 Å². The van der Waals surface area contributed by atoms with E-state index in [1.807, 2.05) is 18.2 Å². The third kappa shape index (κ3) is 4.59. The van der Waals surface area contributed by atoms with Gasteiger partial charge in [-0.3, -0.25) is 20.1 Å². The summed E-state index contributed by atoms with van der Waals surface area (Å²) in [6, 6.07) is 12.3. The van der Waals surface area contributed by atoms with E-state index >= 15 is 0 Å². The Balaban J connectivity index is 1.37. The summed E-state index contributed by atoms with van der Waals surface area (Å²) in [7, 11) is 0. The molecule has 0 amide bonds. The highest BCUT2D eigenvalue weighted by Crippen LogP contribution is 2.34. The molecular weight excluding hydrogens is 481 g/mol. The lowest BCUT2D eigenvalue weighted by atomic mass is 10.0. The Morgan fingerprint density at radius 2 is 1.71 bits per heavy atom.